The lowest BCUT2D eigenvalue weighted by atomic mass is 10.1. The number of hydrogen-bond acceptors (Lipinski definition) is 4. The predicted molar refractivity (Wildman–Crippen MR) is 113 cm³/mol. The molecule has 1 fully saturated rings. The quantitative estimate of drug-likeness (QED) is 0.496. The first kappa shape index (κ1) is 18.1. The summed E-state index contributed by atoms with van der Waals surface area (Å²) in [5.74, 6) is -0.125. The minimum absolute atomic E-state index is 0.125. The number of likely N-dealkylation sites (N-methyl/N-ethyl adjacent to an activating group) is 1. The van der Waals surface area contributed by atoms with Crippen molar-refractivity contribution in [2.45, 2.75) is 6.92 Å². The van der Waals surface area contributed by atoms with Crippen molar-refractivity contribution >= 4 is 29.5 Å². The Labute approximate surface area is 168 Å². The van der Waals surface area contributed by atoms with E-state index in [0.29, 0.717) is 11.7 Å². The third-order valence-electron chi connectivity index (χ3n) is 4.52. The number of amides is 1. The van der Waals surface area contributed by atoms with Gasteiger partial charge >= 0.3 is 0 Å². The number of para-hydroxylation sites is 1. The highest BCUT2D eigenvalue weighted by molar-refractivity contribution is 7.80. The van der Waals surface area contributed by atoms with Gasteiger partial charge in [-0.05, 0) is 31.3 Å². The third-order valence-corrected chi connectivity index (χ3v) is 4.95. The number of benzene rings is 2. The molecule has 2 heterocycles. The molecule has 1 saturated heterocycles. The van der Waals surface area contributed by atoms with Gasteiger partial charge in [0.25, 0.3) is 5.91 Å². The van der Waals surface area contributed by atoms with Gasteiger partial charge < -0.3 is 4.90 Å². The molecule has 7 heteroatoms. The third kappa shape index (κ3) is 3.44. The Kier molecular flexibility index (Phi) is 4.99. The van der Waals surface area contributed by atoms with Crippen LogP contribution in [0.25, 0.3) is 16.9 Å². The Bertz CT molecular complexity index is 1030. The number of hydrogen-bond donors (Lipinski definition) is 0. The maximum Gasteiger partial charge on any atom is 0.269 e. The van der Waals surface area contributed by atoms with Crippen LogP contribution in [0.1, 0.15) is 12.5 Å². The number of thiocarbonyl (C=S) groups is 1. The predicted octanol–water partition coefficient (Wildman–Crippen LogP) is 3.32. The largest absolute Gasteiger partial charge is 0.338 e. The van der Waals surface area contributed by atoms with E-state index in [-0.39, 0.29) is 12.5 Å². The lowest BCUT2D eigenvalue weighted by molar-refractivity contribution is -0.125. The Morgan fingerprint density at radius 2 is 1.79 bits per heavy atom. The minimum atomic E-state index is -0.125. The second-order valence-electron chi connectivity index (χ2n) is 6.33. The van der Waals surface area contributed by atoms with Crippen LogP contribution in [0.2, 0.25) is 0 Å². The molecule has 1 aliphatic heterocycles. The van der Waals surface area contributed by atoms with Gasteiger partial charge in [0.1, 0.15) is 12.2 Å². The van der Waals surface area contributed by atoms with Gasteiger partial charge in [-0.15, -0.1) is 0 Å². The van der Waals surface area contributed by atoms with E-state index in [9.17, 15) is 4.79 Å². The van der Waals surface area contributed by atoms with Gasteiger partial charge in [0.15, 0.2) is 5.11 Å². The molecule has 1 aliphatic rings. The van der Waals surface area contributed by atoms with E-state index in [4.69, 9.17) is 17.3 Å². The van der Waals surface area contributed by atoms with Crippen molar-refractivity contribution in [1.82, 2.24) is 19.7 Å². The van der Waals surface area contributed by atoms with Crippen molar-refractivity contribution in [1.29, 1.82) is 0 Å². The van der Waals surface area contributed by atoms with Crippen molar-refractivity contribution in [3.05, 3.63) is 72.4 Å². The fourth-order valence-corrected chi connectivity index (χ4v) is 3.38. The summed E-state index contributed by atoms with van der Waals surface area (Å²) in [6.45, 7) is 2.91. The monoisotopic (exact) mass is 389 g/mol. The van der Waals surface area contributed by atoms with Crippen LogP contribution >= 0.6 is 12.2 Å². The van der Waals surface area contributed by atoms with Gasteiger partial charge in [0.2, 0.25) is 0 Å². The van der Waals surface area contributed by atoms with Crippen LogP contribution < -0.4 is 0 Å². The first-order chi connectivity index (χ1) is 13.7. The molecule has 4 rings (SSSR count). The zero-order valence-electron chi connectivity index (χ0n) is 15.4. The van der Waals surface area contributed by atoms with Gasteiger partial charge in [-0.1, -0.05) is 48.5 Å². The first-order valence-corrected chi connectivity index (χ1v) is 9.44. The molecule has 0 atom stereocenters. The van der Waals surface area contributed by atoms with Gasteiger partial charge in [-0.3, -0.25) is 4.79 Å². The molecule has 28 heavy (non-hydrogen) atoms. The average Bonchev–Trinajstić information content (AvgIpc) is 3.28. The summed E-state index contributed by atoms with van der Waals surface area (Å²) in [7, 11) is 0. The zero-order valence-corrected chi connectivity index (χ0v) is 16.2. The van der Waals surface area contributed by atoms with E-state index in [1.807, 2.05) is 83.4 Å². The number of carbonyl (C=O) groups is 1. The van der Waals surface area contributed by atoms with Crippen LogP contribution in [0.5, 0.6) is 0 Å². The molecule has 2 aromatic carbocycles. The van der Waals surface area contributed by atoms with E-state index in [0.717, 1.165) is 22.5 Å². The fraction of sp³-hybridized carbons (Fsp3) is 0.143. The summed E-state index contributed by atoms with van der Waals surface area (Å²) in [6.07, 6.45) is 3.56. The van der Waals surface area contributed by atoms with Gasteiger partial charge in [0.05, 0.1) is 11.9 Å². The molecule has 6 nitrogen and oxygen atoms in total. The maximum absolute atomic E-state index is 12.2. The smallest absolute Gasteiger partial charge is 0.269 e. The highest BCUT2D eigenvalue weighted by Gasteiger charge is 2.31. The second kappa shape index (κ2) is 7.74. The molecule has 140 valence electrons. The summed E-state index contributed by atoms with van der Waals surface area (Å²) < 4.78 is 1.81. The summed E-state index contributed by atoms with van der Waals surface area (Å²) >= 11 is 5.36. The van der Waals surface area contributed by atoms with Gasteiger partial charge in [-0.25, -0.2) is 4.68 Å². The van der Waals surface area contributed by atoms with Crippen LogP contribution in [0.3, 0.4) is 0 Å². The number of carbonyl (C=O) groups excluding carboxylic acids is 1. The fourth-order valence-electron chi connectivity index (χ4n) is 3.03. The number of aromatic nitrogens is 2. The van der Waals surface area contributed by atoms with Crippen molar-refractivity contribution in [2.24, 2.45) is 5.10 Å². The zero-order chi connectivity index (χ0) is 19.5. The van der Waals surface area contributed by atoms with Gasteiger partial charge in [0, 0.05) is 23.9 Å². The molecule has 0 N–H and O–H groups in total. The van der Waals surface area contributed by atoms with E-state index in [1.54, 1.807) is 6.21 Å². The van der Waals surface area contributed by atoms with Crippen LogP contribution in [0, 0.1) is 0 Å². The molecule has 1 amide bonds. The molecule has 0 bridgehead atoms. The normalized spacial score (nSPS) is 14.5. The summed E-state index contributed by atoms with van der Waals surface area (Å²) in [5, 5.41) is 10.8. The average molecular weight is 389 g/mol. The van der Waals surface area contributed by atoms with E-state index >= 15 is 0 Å². The van der Waals surface area contributed by atoms with Crippen molar-refractivity contribution in [2.75, 3.05) is 13.1 Å². The Morgan fingerprint density at radius 1 is 1.11 bits per heavy atom. The Balaban J connectivity index is 1.72. The number of hydrazone groups is 1. The molecule has 0 aliphatic carbocycles. The highest BCUT2D eigenvalue weighted by Crippen LogP contribution is 2.23. The summed E-state index contributed by atoms with van der Waals surface area (Å²) in [6, 6.07) is 19.8. The van der Waals surface area contributed by atoms with Crippen LogP contribution in [-0.4, -0.2) is 50.0 Å². The molecule has 3 aromatic rings. The molecule has 0 radical (unpaired) electrons. The van der Waals surface area contributed by atoms with E-state index in [1.165, 1.54) is 5.01 Å². The molecular weight excluding hydrogens is 370 g/mol. The maximum atomic E-state index is 12.2. The highest BCUT2D eigenvalue weighted by atomic mass is 32.1. The Hall–Kier alpha value is -3.32. The summed E-state index contributed by atoms with van der Waals surface area (Å²) in [4.78, 5) is 14.0. The van der Waals surface area contributed by atoms with Gasteiger partial charge in [-0.2, -0.15) is 15.2 Å². The van der Waals surface area contributed by atoms with Crippen LogP contribution in [0.4, 0.5) is 0 Å². The molecular formula is C21H19N5OS. The topological polar surface area (TPSA) is 53.7 Å². The van der Waals surface area contributed by atoms with Crippen molar-refractivity contribution in [3.63, 3.8) is 0 Å². The first-order valence-electron chi connectivity index (χ1n) is 9.03. The minimum Gasteiger partial charge on any atom is -0.338 e. The Morgan fingerprint density at radius 3 is 2.43 bits per heavy atom. The van der Waals surface area contributed by atoms with E-state index in [2.05, 4.69) is 5.10 Å². The van der Waals surface area contributed by atoms with E-state index < -0.39 is 0 Å². The lowest BCUT2D eigenvalue weighted by Crippen LogP contribution is -2.29. The van der Waals surface area contributed by atoms with Crippen molar-refractivity contribution in [3.8, 4) is 16.9 Å². The van der Waals surface area contributed by atoms with Crippen LogP contribution in [0.15, 0.2) is 72.0 Å². The lowest BCUT2D eigenvalue weighted by Gasteiger charge is -2.14. The number of nitrogens with zero attached hydrogens (tertiary/aromatic N) is 5. The standard InChI is InChI=1S/C21H19N5OS/c1-2-24-15-19(27)26(21(24)28)22-13-17-14-25(18-11-7-4-8-12-18)23-20(17)16-9-5-3-6-10-16/h3-14H,2,15H2,1H3/b22-13-. The molecule has 0 saturated carbocycles. The van der Waals surface area contributed by atoms with Crippen molar-refractivity contribution < 1.29 is 4.79 Å². The molecule has 0 unspecified atom stereocenters. The summed E-state index contributed by atoms with van der Waals surface area (Å²) in [5.41, 5.74) is 3.52. The van der Waals surface area contributed by atoms with Crippen LogP contribution in [-0.2, 0) is 4.79 Å². The molecule has 0 spiro atoms. The SMILES string of the molecule is CCN1CC(=O)N(/N=C\c2cn(-c3ccccc3)nc2-c2ccccc2)C1=S. The number of rotatable bonds is 5. The molecule has 1 aromatic heterocycles. The second-order valence-corrected chi connectivity index (χ2v) is 6.69.